The van der Waals surface area contributed by atoms with Crippen molar-refractivity contribution in [1.29, 1.82) is 0 Å². The molecular formula is C13H15ClN4. The van der Waals surface area contributed by atoms with Crippen LogP contribution in [0.2, 0.25) is 5.15 Å². The molecule has 2 aromatic rings. The highest BCUT2D eigenvalue weighted by Gasteiger charge is 2.06. The van der Waals surface area contributed by atoms with Crippen molar-refractivity contribution in [3.8, 4) is 0 Å². The van der Waals surface area contributed by atoms with Crippen molar-refractivity contribution < 1.29 is 0 Å². The molecule has 0 fully saturated rings. The van der Waals surface area contributed by atoms with Crippen molar-refractivity contribution >= 4 is 23.1 Å². The molecule has 0 spiro atoms. The van der Waals surface area contributed by atoms with E-state index in [0.29, 0.717) is 18.1 Å². The van der Waals surface area contributed by atoms with Crippen LogP contribution in [0.1, 0.15) is 18.1 Å². The van der Waals surface area contributed by atoms with E-state index in [1.807, 2.05) is 12.1 Å². The van der Waals surface area contributed by atoms with Gasteiger partial charge in [-0.2, -0.15) is 0 Å². The first kappa shape index (κ1) is 12.6. The van der Waals surface area contributed by atoms with Gasteiger partial charge in [-0.15, -0.1) is 0 Å². The third-order valence-electron chi connectivity index (χ3n) is 2.78. The molecule has 5 heteroatoms. The van der Waals surface area contributed by atoms with E-state index in [-0.39, 0.29) is 5.15 Å². The summed E-state index contributed by atoms with van der Waals surface area (Å²) in [4.78, 5) is 7.90. The van der Waals surface area contributed by atoms with Crippen molar-refractivity contribution in [2.75, 3.05) is 11.1 Å². The summed E-state index contributed by atoms with van der Waals surface area (Å²) < 4.78 is 0. The number of nitrogens with one attached hydrogen (secondary N) is 1. The molecule has 18 heavy (non-hydrogen) atoms. The molecule has 0 bridgehead atoms. The lowest BCUT2D eigenvalue weighted by molar-refractivity contribution is 1.03. The van der Waals surface area contributed by atoms with Gasteiger partial charge < -0.3 is 11.1 Å². The maximum Gasteiger partial charge on any atom is 0.157 e. The van der Waals surface area contributed by atoms with Gasteiger partial charge in [0, 0.05) is 6.54 Å². The SMILES string of the molecule is CCc1ccccc1CNc1ncnc(Cl)c1N. The van der Waals surface area contributed by atoms with Crippen LogP contribution in [0.25, 0.3) is 0 Å². The van der Waals surface area contributed by atoms with Crippen LogP contribution in [0.5, 0.6) is 0 Å². The van der Waals surface area contributed by atoms with Crippen molar-refractivity contribution in [1.82, 2.24) is 9.97 Å². The summed E-state index contributed by atoms with van der Waals surface area (Å²) in [6.07, 6.45) is 2.39. The number of hydrogen-bond donors (Lipinski definition) is 2. The first-order valence-corrected chi connectivity index (χ1v) is 6.16. The second-order valence-corrected chi connectivity index (χ2v) is 4.26. The maximum atomic E-state index is 5.84. The van der Waals surface area contributed by atoms with Gasteiger partial charge in [-0.3, -0.25) is 0 Å². The Morgan fingerprint density at radius 1 is 1.22 bits per heavy atom. The molecule has 4 nitrogen and oxygen atoms in total. The van der Waals surface area contributed by atoms with Crippen LogP contribution in [0.4, 0.5) is 11.5 Å². The van der Waals surface area contributed by atoms with Gasteiger partial charge in [0.05, 0.1) is 0 Å². The average molecular weight is 263 g/mol. The molecule has 2 rings (SSSR count). The lowest BCUT2D eigenvalue weighted by Crippen LogP contribution is -2.07. The van der Waals surface area contributed by atoms with Crippen molar-refractivity contribution in [2.24, 2.45) is 0 Å². The highest BCUT2D eigenvalue weighted by atomic mass is 35.5. The maximum absolute atomic E-state index is 5.84. The number of aromatic nitrogens is 2. The molecular weight excluding hydrogens is 248 g/mol. The minimum Gasteiger partial charge on any atom is -0.393 e. The standard InChI is InChI=1S/C13H15ClN4/c1-2-9-5-3-4-6-10(9)7-16-13-11(15)12(14)17-8-18-13/h3-6,8H,2,7,15H2,1H3,(H,16,17,18). The number of benzene rings is 1. The van der Waals surface area contributed by atoms with Crippen molar-refractivity contribution in [2.45, 2.75) is 19.9 Å². The molecule has 1 aromatic carbocycles. The Morgan fingerprint density at radius 2 is 1.94 bits per heavy atom. The highest BCUT2D eigenvalue weighted by molar-refractivity contribution is 6.32. The third kappa shape index (κ3) is 2.71. The van der Waals surface area contributed by atoms with Gasteiger partial charge in [-0.05, 0) is 17.5 Å². The molecule has 0 unspecified atom stereocenters. The predicted octanol–water partition coefficient (Wildman–Crippen LogP) is 2.89. The van der Waals surface area contributed by atoms with Gasteiger partial charge in [-0.25, -0.2) is 9.97 Å². The van der Waals surface area contributed by atoms with E-state index >= 15 is 0 Å². The molecule has 3 N–H and O–H groups in total. The average Bonchev–Trinajstić information content (AvgIpc) is 2.41. The molecule has 0 aliphatic rings. The van der Waals surface area contributed by atoms with Gasteiger partial charge in [0.25, 0.3) is 0 Å². The number of anilines is 2. The minimum absolute atomic E-state index is 0.274. The smallest absolute Gasteiger partial charge is 0.157 e. The lowest BCUT2D eigenvalue weighted by atomic mass is 10.1. The van der Waals surface area contributed by atoms with Gasteiger partial charge in [0.2, 0.25) is 0 Å². The molecule has 0 saturated carbocycles. The van der Waals surface area contributed by atoms with Crippen LogP contribution in [0.15, 0.2) is 30.6 Å². The fraction of sp³-hybridized carbons (Fsp3) is 0.231. The number of halogens is 1. The van der Waals surface area contributed by atoms with Crippen LogP contribution in [0.3, 0.4) is 0 Å². The summed E-state index contributed by atoms with van der Waals surface area (Å²) in [6, 6.07) is 8.27. The van der Waals surface area contributed by atoms with Crippen LogP contribution >= 0.6 is 11.6 Å². The zero-order chi connectivity index (χ0) is 13.0. The van der Waals surface area contributed by atoms with Crippen LogP contribution in [-0.4, -0.2) is 9.97 Å². The Labute approximate surface area is 111 Å². The van der Waals surface area contributed by atoms with Crippen molar-refractivity contribution in [3.05, 3.63) is 46.9 Å². The second-order valence-electron chi connectivity index (χ2n) is 3.90. The van der Waals surface area contributed by atoms with Crippen LogP contribution in [-0.2, 0) is 13.0 Å². The van der Waals surface area contributed by atoms with E-state index in [1.165, 1.54) is 17.5 Å². The zero-order valence-corrected chi connectivity index (χ0v) is 10.9. The second kappa shape index (κ2) is 5.69. The Kier molecular flexibility index (Phi) is 3.99. The molecule has 0 saturated heterocycles. The molecule has 0 aliphatic carbocycles. The number of nitrogens with two attached hydrogens (primary N) is 1. The van der Waals surface area contributed by atoms with E-state index in [4.69, 9.17) is 17.3 Å². The minimum atomic E-state index is 0.274. The van der Waals surface area contributed by atoms with E-state index in [0.717, 1.165) is 6.42 Å². The van der Waals surface area contributed by atoms with Gasteiger partial charge in [0.1, 0.15) is 12.0 Å². The first-order valence-electron chi connectivity index (χ1n) is 5.79. The molecule has 1 heterocycles. The van der Waals surface area contributed by atoms with Crippen LogP contribution < -0.4 is 11.1 Å². The summed E-state index contributed by atoms with van der Waals surface area (Å²) >= 11 is 5.84. The summed E-state index contributed by atoms with van der Waals surface area (Å²) in [5.74, 6) is 0.570. The predicted molar refractivity (Wildman–Crippen MR) is 74.6 cm³/mol. The zero-order valence-electron chi connectivity index (χ0n) is 10.2. The largest absolute Gasteiger partial charge is 0.393 e. The third-order valence-corrected chi connectivity index (χ3v) is 3.08. The Bertz CT molecular complexity index is 542. The number of nitrogen functional groups attached to an aromatic ring is 1. The first-order chi connectivity index (χ1) is 8.72. The van der Waals surface area contributed by atoms with E-state index in [9.17, 15) is 0 Å². The number of hydrogen-bond acceptors (Lipinski definition) is 4. The molecule has 1 aromatic heterocycles. The summed E-state index contributed by atoms with van der Waals surface area (Å²) in [5.41, 5.74) is 8.72. The normalized spacial score (nSPS) is 10.3. The molecule has 0 atom stereocenters. The Morgan fingerprint density at radius 3 is 2.67 bits per heavy atom. The molecule has 0 aliphatic heterocycles. The summed E-state index contributed by atoms with van der Waals surface area (Å²) in [7, 11) is 0. The summed E-state index contributed by atoms with van der Waals surface area (Å²) in [5, 5.41) is 3.46. The summed E-state index contributed by atoms with van der Waals surface area (Å²) in [6.45, 7) is 2.80. The molecule has 0 amide bonds. The number of nitrogens with zero attached hydrogens (tertiary/aromatic N) is 2. The number of rotatable bonds is 4. The Hall–Kier alpha value is -1.81. The van der Waals surface area contributed by atoms with Gasteiger partial charge >= 0.3 is 0 Å². The van der Waals surface area contributed by atoms with E-state index in [2.05, 4.69) is 34.3 Å². The fourth-order valence-electron chi connectivity index (χ4n) is 1.77. The fourth-order valence-corrected chi connectivity index (χ4v) is 1.90. The monoisotopic (exact) mass is 262 g/mol. The topological polar surface area (TPSA) is 63.8 Å². The van der Waals surface area contributed by atoms with Crippen molar-refractivity contribution in [3.63, 3.8) is 0 Å². The molecule has 0 radical (unpaired) electrons. The van der Waals surface area contributed by atoms with Gasteiger partial charge in [0.15, 0.2) is 11.0 Å². The van der Waals surface area contributed by atoms with E-state index < -0.39 is 0 Å². The lowest BCUT2D eigenvalue weighted by Gasteiger charge is -2.11. The molecule has 94 valence electrons. The highest BCUT2D eigenvalue weighted by Crippen LogP contribution is 2.22. The quantitative estimate of drug-likeness (QED) is 0.832. The van der Waals surface area contributed by atoms with E-state index in [1.54, 1.807) is 0 Å². The Balaban J connectivity index is 2.14. The van der Waals surface area contributed by atoms with Gasteiger partial charge in [-0.1, -0.05) is 42.8 Å². The number of aryl methyl sites for hydroxylation is 1. The van der Waals surface area contributed by atoms with Crippen LogP contribution in [0, 0.1) is 0 Å².